The van der Waals surface area contributed by atoms with Gasteiger partial charge in [-0.1, -0.05) is 84.0 Å². The molecule has 0 heteroatoms. The Morgan fingerprint density at radius 2 is 1.41 bits per heavy atom. The molecule has 22 heavy (non-hydrogen) atoms. The van der Waals surface area contributed by atoms with Crippen molar-refractivity contribution in [3.05, 3.63) is 59.2 Å². The second-order valence-electron chi connectivity index (χ2n) is 8.96. The van der Waals surface area contributed by atoms with Crippen molar-refractivity contribution in [2.24, 2.45) is 5.41 Å². The van der Waals surface area contributed by atoms with Crippen LogP contribution in [0.25, 0.3) is 11.1 Å². The van der Waals surface area contributed by atoms with Crippen molar-refractivity contribution in [3.8, 4) is 11.1 Å². The number of fused-ring (bicyclic) bond motifs is 3. The first-order chi connectivity index (χ1) is 10.2. The van der Waals surface area contributed by atoms with Gasteiger partial charge in [0.1, 0.15) is 0 Å². The average molecular weight is 292 g/mol. The molecule has 0 fully saturated rings. The molecule has 0 saturated heterocycles. The van der Waals surface area contributed by atoms with Gasteiger partial charge in [-0.05, 0) is 45.1 Å². The molecule has 2 aromatic carbocycles. The molecule has 0 bridgehead atoms. The molecule has 1 unspecified atom stereocenters. The van der Waals surface area contributed by atoms with Crippen LogP contribution in [0.15, 0.2) is 42.5 Å². The lowest BCUT2D eigenvalue weighted by Crippen LogP contribution is -2.14. The summed E-state index contributed by atoms with van der Waals surface area (Å²) in [5, 5.41) is 0. The quantitative estimate of drug-likeness (QED) is 0.560. The number of hydrogen-bond acceptors (Lipinski definition) is 0. The predicted octanol–water partition coefficient (Wildman–Crippen LogP) is 6.53. The van der Waals surface area contributed by atoms with Gasteiger partial charge in [0.2, 0.25) is 0 Å². The molecule has 116 valence electrons. The number of hydrogen-bond donors (Lipinski definition) is 0. The second kappa shape index (κ2) is 4.98. The predicted molar refractivity (Wildman–Crippen MR) is 96.5 cm³/mol. The first-order valence-electron chi connectivity index (χ1n) is 8.40. The molecule has 0 aliphatic heterocycles. The maximum absolute atomic E-state index is 2.46. The Morgan fingerprint density at radius 3 is 2.05 bits per heavy atom. The standard InChI is InChI=1S/C22H28/c1-21(2,3)14-20-17-10-8-7-9-16(17)18-12-11-15(13-19(18)20)22(4,5)6/h7-13,20H,14H2,1-6H3. The van der Waals surface area contributed by atoms with E-state index in [1.165, 1.54) is 34.2 Å². The van der Waals surface area contributed by atoms with E-state index in [2.05, 4.69) is 84.0 Å². The summed E-state index contributed by atoms with van der Waals surface area (Å²) in [6.45, 7) is 13.9. The molecule has 0 radical (unpaired) electrons. The Kier molecular flexibility index (Phi) is 3.47. The fourth-order valence-electron chi connectivity index (χ4n) is 3.61. The first kappa shape index (κ1) is 15.3. The molecule has 0 spiro atoms. The summed E-state index contributed by atoms with van der Waals surface area (Å²) in [4.78, 5) is 0. The second-order valence-corrected chi connectivity index (χ2v) is 8.96. The normalized spacial score (nSPS) is 17.3. The summed E-state index contributed by atoms with van der Waals surface area (Å²) in [6.07, 6.45) is 1.20. The molecule has 1 aliphatic rings. The average Bonchev–Trinajstić information content (AvgIpc) is 2.71. The van der Waals surface area contributed by atoms with Crippen LogP contribution in [0.2, 0.25) is 0 Å². The van der Waals surface area contributed by atoms with E-state index in [1.807, 2.05) is 0 Å². The number of benzene rings is 2. The van der Waals surface area contributed by atoms with Gasteiger partial charge in [0.15, 0.2) is 0 Å². The largest absolute Gasteiger partial charge is 0.0619 e. The highest BCUT2D eigenvalue weighted by molar-refractivity contribution is 5.79. The lowest BCUT2D eigenvalue weighted by molar-refractivity contribution is 0.359. The van der Waals surface area contributed by atoms with E-state index in [4.69, 9.17) is 0 Å². The van der Waals surface area contributed by atoms with Crippen molar-refractivity contribution in [1.82, 2.24) is 0 Å². The fraction of sp³-hybridized carbons (Fsp3) is 0.455. The third-order valence-corrected chi connectivity index (χ3v) is 4.74. The van der Waals surface area contributed by atoms with Gasteiger partial charge in [0.25, 0.3) is 0 Å². The van der Waals surface area contributed by atoms with Gasteiger partial charge in [0.05, 0.1) is 0 Å². The highest BCUT2D eigenvalue weighted by atomic mass is 14.4. The smallest absolute Gasteiger partial charge is 0.0107 e. The van der Waals surface area contributed by atoms with E-state index < -0.39 is 0 Å². The maximum Gasteiger partial charge on any atom is 0.0107 e. The zero-order valence-corrected chi connectivity index (χ0v) is 14.8. The molecular weight excluding hydrogens is 264 g/mol. The number of rotatable bonds is 1. The molecule has 0 aromatic heterocycles. The van der Waals surface area contributed by atoms with Gasteiger partial charge >= 0.3 is 0 Å². The third kappa shape index (κ3) is 2.72. The van der Waals surface area contributed by atoms with Crippen LogP contribution in [-0.4, -0.2) is 0 Å². The summed E-state index contributed by atoms with van der Waals surface area (Å²) in [7, 11) is 0. The highest BCUT2D eigenvalue weighted by Crippen LogP contribution is 2.49. The molecule has 2 aromatic rings. The van der Waals surface area contributed by atoms with Crippen LogP contribution >= 0.6 is 0 Å². The summed E-state index contributed by atoms with van der Waals surface area (Å²) >= 11 is 0. The minimum Gasteiger partial charge on any atom is -0.0619 e. The van der Waals surface area contributed by atoms with Crippen LogP contribution < -0.4 is 0 Å². The lowest BCUT2D eigenvalue weighted by Gasteiger charge is -2.26. The minimum atomic E-state index is 0.204. The zero-order valence-electron chi connectivity index (χ0n) is 14.8. The SMILES string of the molecule is CC(C)(C)CC1c2ccccc2-c2ccc(C(C)(C)C)cc21. The topological polar surface area (TPSA) is 0 Å². The van der Waals surface area contributed by atoms with Crippen molar-refractivity contribution in [3.63, 3.8) is 0 Å². The van der Waals surface area contributed by atoms with Gasteiger partial charge in [-0.25, -0.2) is 0 Å². The van der Waals surface area contributed by atoms with Crippen LogP contribution in [0.1, 0.15) is 70.6 Å². The van der Waals surface area contributed by atoms with E-state index in [0.717, 1.165) is 0 Å². The Hall–Kier alpha value is -1.56. The van der Waals surface area contributed by atoms with E-state index >= 15 is 0 Å². The Morgan fingerprint density at radius 1 is 0.773 bits per heavy atom. The van der Waals surface area contributed by atoms with Gasteiger partial charge in [-0.15, -0.1) is 0 Å². The van der Waals surface area contributed by atoms with Crippen molar-refractivity contribution in [2.75, 3.05) is 0 Å². The Labute approximate surface area is 135 Å². The van der Waals surface area contributed by atoms with Crippen molar-refractivity contribution < 1.29 is 0 Å². The van der Waals surface area contributed by atoms with E-state index in [9.17, 15) is 0 Å². The molecule has 0 heterocycles. The van der Waals surface area contributed by atoms with Crippen LogP contribution in [0.3, 0.4) is 0 Å². The van der Waals surface area contributed by atoms with Gasteiger partial charge in [0, 0.05) is 5.92 Å². The molecule has 1 aliphatic carbocycles. The van der Waals surface area contributed by atoms with Crippen molar-refractivity contribution in [2.45, 2.75) is 59.3 Å². The van der Waals surface area contributed by atoms with Crippen molar-refractivity contribution in [1.29, 1.82) is 0 Å². The summed E-state index contributed by atoms with van der Waals surface area (Å²) in [5.41, 5.74) is 7.90. The van der Waals surface area contributed by atoms with E-state index in [1.54, 1.807) is 0 Å². The van der Waals surface area contributed by atoms with Gasteiger partial charge in [-0.3, -0.25) is 0 Å². The van der Waals surface area contributed by atoms with E-state index in [-0.39, 0.29) is 5.41 Å². The molecule has 3 rings (SSSR count). The lowest BCUT2D eigenvalue weighted by atomic mass is 9.78. The third-order valence-electron chi connectivity index (χ3n) is 4.74. The highest BCUT2D eigenvalue weighted by Gasteiger charge is 2.32. The Balaban J connectivity index is 2.16. The molecule has 0 nitrogen and oxygen atoms in total. The van der Waals surface area contributed by atoms with Gasteiger partial charge < -0.3 is 0 Å². The van der Waals surface area contributed by atoms with Crippen molar-refractivity contribution >= 4 is 0 Å². The summed E-state index contributed by atoms with van der Waals surface area (Å²) in [5.74, 6) is 0.536. The fourth-order valence-corrected chi connectivity index (χ4v) is 3.61. The van der Waals surface area contributed by atoms with Crippen LogP contribution in [0.5, 0.6) is 0 Å². The van der Waals surface area contributed by atoms with Crippen LogP contribution in [0.4, 0.5) is 0 Å². The minimum absolute atomic E-state index is 0.204. The molecule has 0 amide bonds. The molecule has 0 N–H and O–H groups in total. The maximum atomic E-state index is 2.46. The molecule has 0 saturated carbocycles. The molecular formula is C22H28. The summed E-state index contributed by atoms with van der Waals surface area (Å²) in [6, 6.07) is 16.1. The van der Waals surface area contributed by atoms with Crippen LogP contribution in [-0.2, 0) is 5.41 Å². The summed E-state index contributed by atoms with van der Waals surface area (Å²) < 4.78 is 0. The van der Waals surface area contributed by atoms with Gasteiger partial charge in [-0.2, -0.15) is 0 Å². The Bertz CT molecular complexity index is 693. The first-order valence-corrected chi connectivity index (χ1v) is 8.40. The van der Waals surface area contributed by atoms with Crippen LogP contribution in [0, 0.1) is 5.41 Å². The monoisotopic (exact) mass is 292 g/mol. The van der Waals surface area contributed by atoms with E-state index in [0.29, 0.717) is 11.3 Å². The zero-order chi connectivity index (χ0) is 16.1. The molecule has 1 atom stereocenters.